The van der Waals surface area contributed by atoms with E-state index >= 15 is 0 Å². The average Bonchev–Trinajstić information content (AvgIpc) is 3.14. The van der Waals surface area contributed by atoms with Gasteiger partial charge in [-0.1, -0.05) is 23.7 Å². The topological polar surface area (TPSA) is 59.4 Å². The van der Waals surface area contributed by atoms with Crippen LogP contribution in [0.5, 0.6) is 0 Å². The summed E-state index contributed by atoms with van der Waals surface area (Å²) in [6.07, 6.45) is 6.95. The second-order valence-electron chi connectivity index (χ2n) is 5.03. The molecule has 1 N–H and O–H groups in total. The summed E-state index contributed by atoms with van der Waals surface area (Å²) in [7, 11) is 0. The molecule has 0 atom stereocenters. The fraction of sp³-hybridized carbons (Fsp3) is 0.0625. The highest BCUT2D eigenvalue weighted by Gasteiger charge is 2.07. The number of H-pyrrole nitrogens is 1. The summed E-state index contributed by atoms with van der Waals surface area (Å²) in [5.74, 6) is 0.812. The third-order valence-electron chi connectivity index (χ3n) is 3.47. The van der Waals surface area contributed by atoms with Gasteiger partial charge in [-0.05, 0) is 23.8 Å². The highest BCUT2D eigenvalue weighted by Crippen LogP contribution is 2.21. The van der Waals surface area contributed by atoms with E-state index in [1.165, 1.54) is 0 Å². The predicted octanol–water partition coefficient (Wildman–Crippen LogP) is 3.52. The fourth-order valence-electron chi connectivity index (χ4n) is 2.41. The third kappa shape index (κ3) is 2.35. The Balaban J connectivity index is 1.70. The van der Waals surface area contributed by atoms with Crippen molar-refractivity contribution < 1.29 is 0 Å². The third-order valence-corrected chi connectivity index (χ3v) is 3.79. The van der Waals surface area contributed by atoms with Gasteiger partial charge in [-0.2, -0.15) is 0 Å². The number of imidazole rings is 2. The van der Waals surface area contributed by atoms with Crippen LogP contribution in [0.25, 0.3) is 22.4 Å². The molecule has 0 aliphatic carbocycles. The van der Waals surface area contributed by atoms with Gasteiger partial charge in [-0.15, -0.1) is 0 Å². The molecule has 0 saturated heterocycles. The van der Waals surface area contributed by atoms with Crippen molar-refractivity contribution in [3.63, 3.8) is 0 Å². The molecule has 0 spiro atoms. The standard InChI is InChI=1S/C16H12ClN5/c17-15-8-19-10-22(15)9-11-5-12(7-18-6-11)16-20-13-3-1-2-4-14(13)21-16/h1-8,10H,9H2,(H,20,21). The van der Waals surface area contributed by atoms with E-state index in [9.17, 15) is 0 Å². The number of benzene rings is 1. The number of aromatic nitrogens is 5. The van der Waals surface area contributed by atoms with E-state index in [0.29, 0.717) is 11.7 Å². The second-order valence-corrected chi connectivity index (χ2v) is 5.42. The molecule has 3 heterocycles. The molecule has 0 amide bonds. The van der Waals surface area contributed by atoms with Crippen molar-refractivity contribution in [2.24, 2.45) is 0 Å². The largest absolute Gasteiger partial charge is 0.338 e. The Hall–Kier alpha value is -2.66. The Morgan fingerprint density at radius 2 is 2.00 bits per heavy atom. The van der Waals surface area contributed by atoms with Gasteiger partial charge < -0.3 is 9.55 Å². The van der Waals surface area contributed by atoms with Gasteiger partial charge in [0.25, 0.3) is 0 Å². The maximum atomic E-state index is 6.06. The summed E-state index contributed by atoms with van der Waals surface area (Å²) in [6.45, 7) is 0.625. The zero-order valence-corrected chi connectivity index (χ0v) is 12.3. The minimum Gasteiger partial charge on any atom is -0.338 e. The first-order valence-electron chi connectivity index (χ1n) is 6.84. The monoisotopic (exact) mass is 309 g/mol. The lowest BCUT2D eigenvalue weighted by Crippen LogP contribution is -1.99. The summed E-state index contributed by atoms with van der Waals surface area (Å²) in [6, 6.07) is 10.0. The van der Waals surface area contributed by atoms with Gasteiger partial charge in [0.1, 0.15) is 11.0 Å². The zero-order chi connectivity index (χ0) is 14.9. The van der Waals surface area contributed by atoms with Gasteiger partial charge in [0.15, 0.2) is 0 Å². The number of halogens is 1. The first-order chi connectivity index (χ1) is 10.8. The van der Waals surface area contributed by atoms with Gasteiger partial charge in [-0.3, -0.25) is 4.98 Å². The number of pyridine rings is 1. The van der Waals surface area contributed by atoms with Gasteiger partial charge in [-0.25, -0.2) is 9.97 Å². The maximum absolute atomic E-state index is 6.06. The molecule has 0 fully saturated rings. The van der Waals surface area contributed by atoms with Crippen LogP contribution in [-0.2, 0) is 6.54 Å². The normalized spacial score (nSPS) is 11.1. The second kappa shape index (κ2) is 5.27. The van der Waals surface area contributed by atoms with Crippen LogP contribution in [0.15, 0.2) is 55.2 Å². The summed E-state index contributed by atoms with van der Waals surface area (Å²) < 4.78 is 1.86. The van der Waals surface area contributed by atoms with E-state index in [0.717, 1.165) is 28.0 Å². The van der Waals surface area contributed by atoms with Crippen LogP contribution < -0.4 is 0 Å². The molecule has 5 nitrogen and oxygen atoms in total. The van der Waals surface area contributed by atoms with Crippen molar-refractivity contribution in [3.05, 3.63) is 66.0 Å². The quantitative estimate of drug-likeness (QED) is 0.630. The van der Waals surface area contributed by atoms with E-state index in [1.807, 2.05) is 35.0 Å². The van der Waals surface area contributed by atoms with Crippen molar-refractivity contribution >= 4 is 22.6 Å². The van der Waals surface area contributed by atoms with E-state index in [-0.39, 0.29) is 0 Å². The first kappa shape index (κ1) is 13.0. The average molecular weight is 310 g/mol. The Morgan fingerprint density at radius 1 is 1.09 bits per heavy atom. The van der Waals surface area contributed by atoms with E-state index in [2.05, 4.69) is 26.0 Å². The van der Waals surface area contributed by atoms with Crippen molar-refractivity contribution in [3.8, 4) is 11.4 Å². The van der Waals surface area contributed by atoms with Crippen LogP contribution >= 0.6 is 11.6 Å². The Morgan fingerprint density at radius 3 is 2.82 bits per heavy atom. The summed E-state index contributed by atoms with van der Waals surface area (Å²) in [5, 5.41) is 0.606. The van der Waals surface area contributed by atoms with Crippen molar-refractivity contribution in [2.45, 2.75) is 6.54 Å². The summed E-state index contributed by atoms with van der Waals surface area (Å²) >= 11 is 6.06. The molecule has 0 aliphatic heterocycles. The molecular weight excluding hydrogens is 298 g/mol. The number of hydrogen-bond acceptors (Lipinski definition) is 3. The number of fused-ring (bicyclic) bond motifs is 1. The molecule has 4 rings (SSSR count). The smallest absolute Gasteiger partial charge is 0.140 e. The van der Waals surface area contributed by atoms with E-state index < -0.39 is 0 Å². The lowest BCUT2D eigenvalue weighted by atomic mass is 10.2. The van der Waals surface area contributed by atoms with Gasteiger partial charge in [0.2, 0.25) is 0 Å². The van der Waals surface area contributed by atoms with Crippen LogP contribution in [0.4, 0.5) is 0 Å². The molecule has 1 aromatic carbocycles. The Kier molecular flexibility index (Phi) is 3.12. The van der Waals surface area contributed by atoms with Crippen LogP contribution in [0.1, 0.15) is 5.56 Å². The lowest BCUT2D eigenvalue weighted by molar-refractivity contribution is 0.794. The fourth-order valence-corrected chi connectivity index (χ4v) is 2.57. The van der Waals surface area contributed by atoms with E-state index in [1.54, 1.807) is 18.7 Å². The van der Waals surface area contributed by atoms with Crippen LogP contribution in [0, 0.1) is 0 Å². The molecule has 22 heavy (non-hydrogen) atoms. The number of aromatic amines is 1. The van der Waals surface area contributed by atoms with Crippen LogP contribution in [0.2, 0.25) is 5.15 Å². The zero-order valence-electron chi connectivity index (χ0n) is 11.6. The summed E-state index contributed by atoms with van der Waals surface area (Å²) in [4.78, 5) is 16.2. The first-order valence-corrected chi connectivity index (χ1v) is 7.22. The van der Waals surface area contributed by atoms with Crippen molar-refractivity contribution in [2.75, 3.05) is 0 Å². The Bertz CT molecular complexity index is 907. The van der Waals surface area contributed by atoms with Crippen LogP contribution in [0.3, 0.4) is 0 Å². The lowest BCUT2D eigenvalue weighted by Gasteiger charge is -2.05. The number of rotatable bonds is 3. The SMILES string of the molecule is Clc1cncn1Cc1cncc(-c2nc3ccccc3[nH]2)c1. The number of nitrogens with zero attached hydrogens (tertiary/aromatic N) is 4. The van der Waals surface area contributed by atoms with Gasteiger partial charge in [0.05, 0.1) is 30.1 Å². The van der Waals surface area contributed by atoms with Crippen LogP contribution in [-0.4, -0.2) is 24.5 Å². The summed E-state index contributed by atoms with van der Waals surface area (Å²) in [5.41, 5.74) is 3.95. The molecule has 0 saturated carbocycles. The van der Waals surface area contributed by atoms with E-state index in [4.69, 9.17) is 11.6 Å². The molecular formula is C16H12ClN5. The molecule has 0 unspecified atom stereocenters. The highest BCUT2D eigenvalue weighted by molar-refractivity contribution is 6.29. The highest BCUT2D eigenvalue weighted by atomic mass is 35.5. The number of para-hydroxylation sites is 2. The Labute approximate surface area is 131 Å². The van der Waals surface area contributed by atoms with Gasteiger partial charge in [0, 0.05) is 18.0 Å². The predicted molar refractivity (Wildman–Crippen MR) is 85.7 cm³/mol. The molecule has 3 aromatic heterocycles. The minimum absolute atomic E-state index is 0.606. The number of nitrogens with one attached hydrogen (secondary N) is 1. The van der Waals surface area contributed by atoms with Crippen molar-refractivity contribution in [1.29, 1.82) is 0 Å². The molecule has 6 heteroatoms. The molecule has 4 aromatic rings. The molecule has 0 bridgehead atoms. The molecule has 108 valence electrons. The number of hydrogen-bond donors (Lipinski definition) is 1. The minimum atomic E-state index is 0.606. The molecule has 0 aliphatic rings. The molecule has 0 radical (unpaired) electrons. The maximum Gasteiger partial charge on any atom is 0.140 e. The van der Waals surface area contributed by atoms with Gasteiger partial charge >= 0.3 is 0 Å². The van der Waals surface area contributed by atoms with Crippen molar-refractivity contribution in [1.82, 2.24) is 24.5 Å².